The van der Waals surface area contributed by atoms with Gasteiger partial charge in [-0.15, -0.1) is 0 Å². The van der Waals surface area contributed by atoms with E-state index in [1.807, 2.05) is 30.3 Å². The Kier molecular flexibility index (Phi) is 3.79. The van der Waals surface area contributed by atoms with Crippen LogP contribution in [0.5, 0.6) is 0 Å². The lowest BCUT2D eigenvalue weighted by atomic mass is 10.0. The van der Waals surface area contributed by atoms with Gasteiger partial charge in [0.15, 0.2) is 0 Å². The van der Waals surface area contributed by atoms with E-state index >= 15 is 0 Å². The summed E-state index contributed by atoms with van der Waals surface area (Å²) in [5.41, 5.74) is -0.134. The fourth-order valence-electron chi connectivity index (χ4n) is 3.73. The molecule has 5 rings (SSSR count). The molecular formula is C23H14N2O5. The van der Waals surface area contributed by atoms with Gasteiger partial charge in [0.25, 0.3) is 17.7 Å². The first-order valence-electron chi connectivity index (χ1n) is 9.18. The van der Waals surface area contributed by atoms with E-state index in [9.17, 15) is 19.2 Å². The van der Waals surface area contributed by atoms with E-state index in [1.165, 1.54) is 25.2 Å². The Balaban J connectivity index is 1.61. The largest absolute Gasteiger partial charge is 0.422 e. The maximum atomic E-state index is 12.9. The highest BCUT2D eigenvalue weighted by Crippen LogP contribution is 2.29. The second kappa shape index (κ2) is 6.38. The number of nitrogens with one attached hydrogen (secondary N) is 1. The number of carbonyl (C=O) groups is 3. The summed E-state index contributed by atoms with van der Waals surface area (Å²) in [6.07, 6.45) is 0. The minimum Gasteiger partial charge on any atom is -0.422 e. The lowest BCUT2D eigenvalue weighted by Crippen LogP contribution is -2.25. The summed E-state index contributed by atoms with van der Waals surface area (Å²) in [5.74, 6) is -1.67. The van der Waals surface area contributed by atoms with Crippen molar-refractivity contribution in [3.63, 3.8) is 0 Å². The molecule has 3 aromatic carbocycles. The molecule has 30 heavy (non-hydrogen) atoms. The molecular weight excluding hydrogens is 384 g/mol. The van der Waals surface area contributed by atoms with E-state index < -0.39 is 23.3 Å². The number of hydrogen-bond donors (Lipinski definition) is 1. The number of fused-ring (bicyclic) bond motifs is 4. The molecule has 7 heteroatoms. The topological polar surface area (TPSA) is 96.7 Å². The molecule has 2 heterocycles. The van der Waals surface area contributed by atoms with Gasteiger partial charge in [0.2, 0.25) is 0 Å². The summed E-state index contributed by atoms with van der Waals surface area (Å²) in [6.45, 7) is 0. The smallest absolute Gasteiger partial charge is 0.349 e. The molecule has 1 aliphatic rings. The number of nitrogens with zero attached hydrogens (tertiary/aromatic N) is 1. The second-order valence-electron chi connectivity index (χ2n) is 7.00. The minimum absolute atomic E-state index is 0.106. The molecule has 146 valence electrons. The quantitative estimate of drug-likeness (QED) is 0.317. The first-order chi connectivity index (χ1) is 14.5. The zero-order chi connectivity index (χ0) is 21.0. The molecule has 3 amide bonds. The molecule has 1 N–H and O–H groups in total. The predicted octanol–water partition coefficient (Wildman–Crippen LogP) is 3.42. The number of benzene rings is 3. The Bertz CT molecular complexity index is 1470. The Hall–Kier alpha value is -4.26. The van der Waals surface area contributed by atoms with Crippen molar-refractivity contribution in [1.82, 2.24) is 4.90 Å². The summed E-state index contributed by atoms with van der Waals surface area (Å²) in [5, 5.41) is 5.00. The lowest BCUT2D eigenvalue weighted by molar-refractivity contribution is 0.0693. The van der Waals surface area contributed by atoms with Crippen LogP contribution >= 0.6 is 0 Å². The van der Waals surface area contributed by atoms with Crippen LogP contribution in [0.2, 0.25) is 0 Å². The molecule has 0 radical (unpaired) electrons. The fraction of sp³-hybridized carbons (Fsp3) is 0.0435. The number of anilines is 1. The molecule has 0 bridgehead atoms. The zero-order valence-corrected chi connectivity index (χ0v) is 15.8. The van der Waals surface area contributed by atoms with Gasteiger partial charge < -0.3 is 9.73 Å². The van der Waals surface area contributed by atoms with Gasteiger partial charge >= 0.3 is 5.63 Å². The van der Waals surface area contributed by atoms with Crippen LogP contribution in [0.25, 0.3) is 21.7 Å². The second-order valence-corrected chi connectivity index (χ2v) is 7.00. The molecule has 0 saturated carbocycles. The third-order valence-corrected chi connectivity index (χ3v) is 5.25. The summed E-state index contributed by atoms with van der Waals surface area (Å²) >= 11 is 0. The van der Waals surface area contributed by atoms with Crippen LogP contribution in [0.15, 0.2) is 69.9 Å². The van der Waals surface area contributed by atoms with Crippen molar-refractivity contribution in [1.29, 1.82) is 0 Å². The molecule has 0 unspecified atom stereocenters. The molecule has 0 saturated heterocycles. The highest BCUT2D eigenvalue weighted by molar-refractivity contribution is 6.24. The van der Waals surface area contributed by atoms with Crippen molar-refractivity contribution in [3.8, 4) is 0 Å². The number of amides is 3. The average molecular weight is 398 g/mol. The molecule has 0 spiro atoms. The van der Waals surface area contributed by atoms with E-state index in [0.717, 1.165) is 15.7 Å². The van der Waals surface area contributed by atoms with Crippen LogP contribution in [0, 0.1) is 0 Å². The van der Waals surface area contributed by atoms with Crippen molar-refractivity contribution >= 4 is 45.2 Å². The summed E-state index contributed by atoms with van der Waals surface area (Å²) < 4.78 is 5.36. The van der Waals surface area contributed by atoms with Gasteiger partial charge in [-0.1, -0.05) is 36.4 Å². The summed E-state index contributed by atoms with van der Waals surface area (Å²) in [6, 6.07) is 17.2. The monoisotopic (exact) mass is 398 g/mol. The van der Waals surface area contributed by atoms with Crippen molar-refractivity contribution in [3.05, 3.63) is 87.8 Å². The third-order valence-electron chi connectivity index (χ3n) is 5.25. The maximum absolute atomic E-state index is 12.9. The Morgan fingerprint density at radius 2 is 1.70 bits per heavy atom. The van der Waals surface area contributed by atoms with Gasteiger partial charge in [-0.25, -0.2) is 4.79 Å². The van der Waals surface area contributed by atoms with Gasteiger partial charge in [0.1, 0.15) is 11.1 Å². The molecule has 0 fully saturated rings. The molecule has 1 aromatic heterocycles. The summed E-state index contributed by atoms with van der Waals surface area (Å²) in [4.78, 5) is 50.9. The van der Waals surface area contributed by atoms with Gasteiger partial charge in [0, 0.05) is 12.4 Å². The predicted molar refractivity (Wildman–Crippen MR) is 111 cm³/mol. The van der Waals surface area contributed by atoms with E-state index in [1.54, 1.807) is 12.1 Å². The molecule has 1 aliphatic heterocycles. The van der Waals surface area contributed by atoms with E-state index in [4.69, 9.17) is 4.42 Å². The van der Waals surface area contributed by atoms with Crippen LogP contribution < -0.4 is 10.9 Å². The maximum Gasteiger partial charge on any atom is 0.349 e. The molecule has 7 nitrogen and oxygen atoms in total. The minimum atomic E-state index is -0.789. The molecule has 0 aliphatic carbocycles. The number of imide groups is 1. The number of hydrogen-bond acceptors (Lipinski definition) is 5. The van der Waals surface area contributed by atoms with Crippen LogP contribution in [0.4, 0.5) is 5.69 Å². The van der Waals surface area contributed by atoms with Crippen molar-refractivity contribution in [2.45, 2.75) is 0 Å². The van der Waals surface area contributed by atoms with Crippen molar-refractivity contribution in [2.24, 2.45) is 0 Å². The average Bonchev–Trinajstić information content (AvgIpc) is 2.98. The van der Waals surface area contributed by atoms with Gasteiger partial charge in [0.05, 0.1) is 16.8 Å². The number of carbonyl (C=O) groups excluding carboxylic acids is 3. The van der Waals surface area contributed by atoms with Crippen molar-refractivity contribution in [2.75, 3.05) is 12.4 Å². The lowest BCUT2D eigenvalue weighted by Gasteiger charge is -2.09. The van der Waals surface area contributed by atoms with Crippen LogP contribution in [0.3, 0.4) is 0 Å². The Morgan fingerprint density at radius 3 is 2.53 bits per heavy atom. The number of rotatable bonds is 2. The highest BCUT2D eigenvalue weighted by Gasteiger charge is 2.35. The zero-order valence-electron chi connectivity index (χ0n) is 15.8. The van der Waals surface area contributed by atoms with Crippen LogP contribution in [-0.4, -0.2) is 29.7 Å². The Labute approximate surface area is 169 Å². The van der Waals surface area contributed by atoms with Crippen molar-refractivity contribution < 1.29 is 18.8 Å². The van der Waals surface area contributed by atoms with Gasteiger partial charge in [-0.3, -0.25) is 19.3 Å². The van der Waals surface area contributed by atoms with E-state index in [2.05, 4.69) is 5.32 Å². The first-order valence-corrected chi connectivity index (χ1v) is 9.18. The first kappa shape index (κ1) is 17.8. The molecule has 0 atom stereocenters. The normalized spacial score (nSPS) is 13.2. The van der Waals surface area contributed by atoms with Gasteiger partial charge in [-0.05, 0) is 35.0 Å². The van der Waals surface area contributed by atoms with Gasteiger partial charge in [-0.2, -0.15) is 0 Å². The SMILES string of the molecule is CN1C(=O)c2cccc(NC(=O)c3cc4c(ccc5ccccc54)oc3=O)c2C1=O. The standard InChI is InChI=1S/C23H14N2O5/c1-25-21(27)14-7-4-8-17(19(14)22(25)28)24-20(26)16-11-15-13-6-3-2-5-12(13)9-10-18(15)30-23(16)29/h2-11H,1H3,(H,24,26). The van der Waals surface area contributed by atoms with Crippen LogP contribution in [0.1, 0.15) is 31.1 Å². The van der Waals surface area contributed by atoms with Crippen LogP contribution in [-0.2, 0) is 0 Å². The van der Waals surface area contributed by atoms with E-state index in [-0.39, 0.29) is 22.4 Å². The molecule has 4 aromatic rings. The fourth-order valence-corrected chi connectivity index (χ4v) is 3.73. The third kappa shape index (κ3) is 2.52. The Morgan fingerprint density at radius 1 is 0.900 bits per heavy atom. The highest BCUT2D eigenvalue weighted by atomic mass is 16.4. The summed E-state index contributed by atoms with van der Waals surface area (Å²) in [7, 11) is 1.37. The van der Waals surface area contributed by atoms with E-state index in [0.29, 0.717) is 11.0 Å².